The van der Waals surface area contributed by atoms with Gasteiger partial charge >= 0.3 is 0 Å². The lowest BCUT2D eigenvalue weighted by Crippen LogP contribution is -2.29. The first-order valence-corrected chi connectivity index (χ1v) is 6.97. The van der Waals surface area contributed by atoms with Gasteiger partial charge in [-0.05, 0) is 49.4 Å². The molecule has 1 fully saturated rings. The van der Waals surface area contributed by atoms with E-state index in [-0.39, 0.29) is 12.0 Å². The normalized spacial score (nSPS) is 23.4. The highest BCUT2D eigenvalue weighted by Crippen LogP contribution is 2.30. The molecule has 0 amide bonds. The Morgan fingerprint density at radius 3 is 2.89 bits per heavy atom. The van der Waals surface area contributed by atoms with Gasteiger partial charge in [-0.1, -0.05) is 24.9 Å². The fourth-order valence-electron chi connectivity index (χ4n) is 2.46. The first-order chi connectivity index (χ1) is 8.74. The number of ether oxygens (including phenoxy) is 1. The summed E-state index contributed by atoms with van der Waals surface area (Å²) in [7, 11) is 0. The van der Waals surface area contributed by atoms with Crippen LogP contribution in [-0.4, -0.2) is 6.10 Å². The van der Waals surface area contributed by atoms with Crippen molar-refractivity contribution in [2.24, 2.45) is 5.92 Å². The van der Waals surface area contributed by atoms with Crippen LogP contribution in [0.3, 0.4) is 0 Å². The summed E-state index contributed by atoms with van der Waals surface area (Å²) in [6.07, 6.45) is 5.14. The molecule has 0 bridgehead atoms. The Labute approximate surface area is 114 Å². The molecular formula is C15H18ClNO. The maximum atomic E-state index is 9.13. The highest BCUT2D eigenvalue weighted by Gasteiger charge is 2.26. The number of hydrogen-bond donors (Lipinski definition) is 0. The lowest BCUT2D eigenvalue weighted by Gasteiger charge is -2.27. The molecule has 0 aliphatic heterocycles. The van der Waals surface area contributed by atoms with Crippen molar-refractivity contribution in [1.29, 1.82) is 5.26 Å². The van der Waals surface area contributed by atoms with Gasteiger partial charge in [0.1, 0.15) is 11.9 Å². The van der Waals surface area contributed by atoms with Crippen molar-refractivity contribution in [3.05, 3.63) is 28.8 Å². The third kappa shape index (κ3) is 2.97. The molecule has 0 saturated heterocycles. The first kappa shape index (κ1) is 13.2. The molecule has 18 heavy (non-hydrogen) atoms. The molecule has 3 heteroatoms. The molecule has 96 valence electrons. The molecule has 0 radical (unpaired) electrons. The Balaban J connectivity index is 2.10. The molecule has 1 aliphatic carbocycles. The van der Waals surface area contributed by atoms with E-state index in [1.807, 2.05) is 18.2 Å². The Morgan fingerprint density at radius 2 is 2.17 bits per heavy atom. The largest absolute Gasteiger partial charge is 0.489 e. The van der Waals surface area contributed by atoms with Crippen molar-refractivity contribution in [1.82, 2.24) is 0 Å². The zero-order valence-corrected chi connectivity index (χ0v) is 11.4. The standard InChI is InChI=1S/C15H18ClNO/c1-2-11-9-13(7-8-14(11)16)18-15-6-4-3-5-12(15)10-17/h7-9,12,15H,2-6H2,1H3. The lowest BCUT2D eigenvalue weighted by molar-refractivity contribution is 0.120. The quantitative estimate of drug-likeness (QED) is 0.812. The number of benzene rings is 1. The van der Waals surface area contributed by atoms with Gasteiger partial charge in [0.25, 0.3) is 0 Å². The van der Waals surface area contributed by atoms with Crippen LogP contribution in [0, 0.1) is 17.2 Å². The number of halogens is 1. The number of nitrogens with zero attached hydrogens (tertiary/aromatic N) is 1. The fourth-order valence-corrected chi connectivity index (χ4v) is 2.71. The van der Waals surface area contributed by atoms with Gasteiger partial charge in [-0.2, -0.15) is 5.26 Å². The average Bonchev–Trinajstić information content (AvgIpc) is 2.41. The SMILES string of the molecule is CCc1cc(OC2CCCCC2C#N)ccc1Cl. The van der Waals surface area contributed by atoms with Crippen LogP contribution >= 0.6 is 11.6 Å². The van der Waals surface area contributed by atoms with Crippen molar-refractivity contribution < 1.29 is 4.74 Å². The second-order valence-corrected chi connectivity index (χ2v) is 5.19. The first-order valence-electron chi connectivity index (χ1n) is 6.59. The van der Waals surface area contributed by atoms with Crippen LogP contribution in [0.1, 0.15) is 38.2 Å². The van der Waals surface area contributed by atoms with E-state index in [2.05, 4.69) is 13.0 Å². The van der Waals surface area contributed by atoms with Crippen LogP contribution in [-0.2, 0) is 6.42 Å². The van der Waals surface area contributed by atoms with E-state index in [1.54, 1.807) is 0 Å². The predicted molar refractivity (Wildman–Crippen MR) is 72.8 cm³/mol. The predicted octanol–water partition coefficient (Wildman–Crippen LogP) is 4.36. The van der Waals surface area contributed by atoms with Gasteiger partial charge < -0.3 is 4.74 Å². The van der Waals surface area contributed by atoms with Crippen molar-refractivity contribution >= 4 is 11.6 Å². The maximum Gasteiger partial charge on any atom is 0.120 e. The van der Waals surface area contributed by atoms with Crippen LogP contribution in [0.25, 0.3) is 0 Å². The number of aryl methyl sites for hydroxylation is 1. The van der Waals surface area contributed by atoms with E-state index < -0.39 is 0 Å². The van der Waals surface area contributed by atoms with Gasteiger partial charge in [-0.15, -0.1) is 0 Å². The molecule has 0 spiro atoms. The summed E-state index contributed by atoms with van der Waals surface area (Å²) >= 11 is 6.09. The van der Waals surface area contributed by atoms with Gasteiger partial charge in [-0.3, -0.25) is 0 Å². The van der Waals surface area contributed by atoms with E-state index in [1.165, 1.54) is 0 Å². The Bertz CT molecular complexity index is 452. The highest BCUT2D eigenvalue weighted by molar-refractivity contribution is 6.31. The topological polar surface area (TPSA) is 33.0 Å². The summed E-state index contributed by atoms with van der Waals surface area (Å²) in [5.41, 5.74) is 1.10. The Hall–Kier alpha value is -1.20. The van der Waals surface area contributed by atoms with Gasteiger partial charge in [0, 0.05) is 5.02 Å². The summed E-state index contributed by atoms with van der Waals surface area (Å²) in [5.74, 6) is 0.864. The monoisotopic (exact) mass is 263 g/mol. The summed E-state index contributed by atoms with van der Waals surface area (Å²) in [6, 6.07) is 8.12. The summed E-state index contributed by atoms with van der Waals surface area (Å²) in [6.45, 7) is 2.07. The molecule has 1 aromatic carbocycles. The van der Waals surface area contributed by atoms with Crippen molar-refractivity contribution in [3.8, 4) is 11.8 Å². The smallest absolute Gasteiger partial charge is 0.120 e. The Kier molecular flexibility index (Phi) is 4.49. The third-order valence-electron chi connectivity index (χ3n) is 3.55. The van der Waals surface area contributed by atoms with Crippen molar-refractivity contribution in [3.63, 3.8) is 0 Å². The van der Waals surface area contributed by atoms with Crippen LogP contribution in [0.5, 0.6) is 5.75 Å². The van der Waals surface area contributed by atoms with Crippen LogP contribution in [0.2, 0.25) is 5.02 Å². The molecule has 2 rings (SSSR count). The molecule has 2 atom stereocenters. The Morgan fingerprint density at radius 1 is 1.39 bits per heavy atom. The fraction of sp³-hybridized carbons (Fsp3) is 0.533. The minimum absolute atomic E-state index is 0.0273. The summed E-state index contributed by atoms with van der Waals surface area (Å²) in [4.78, 5) is 0. The summed E-state index contributed by atoms with van der Waals surface area (Å²) < 4.78 is 5.98. The van der Waals surface area contributed by atoms with E-state index in [0.717, 1.165) is 48.4 Å². The van der Waals surface area contributed by atoms with Crippen LogP contribution in [0.4, 0.5) is 0 Å². The molecular weight excluding hydrogens is 246 g/mol. The second-order valence-electron chi connectivity index (χ2n) is 4.78. The molecule has 0 heterocycles. The molecule has 0 N–H and O–H groups in total. The van der Waals surface area contributed by atoms with E-state index >= 15 is 0 Å². The molecule has 1 aromatic rings. The average molecular weight is 264 g/mol. The van der Waals surface area contributed by atoms with Gasteiger partial charge in [0.2, 0.25) is 0 Å². The highest BCUT2D eigenvalue weighted by atomic mass is 35.5. The maximum absolute atomic E-state index is 9.13. The summed E-state index contributed by atoms with van der Waals surface area (Å²) in [5, 5.41) is 9.92. The minimum atomic E-state index is 0.0273. The zero-order valence-electron chi connectivity index (χ0n) is 10.7. The minimum Gasteiger partial charge on any atom is -0.489 e. The van der Waals surface area contributed by atoms with Gasteiger partial charge in [0.15, 0.2) is 0 Å². The van der Waals surface area contributed by atoms with E-state index in [0.29, 0.717) is 0 Å². The second kappa shape index (κ2) is 6.11. The van der Waals surface area contributed by atoms with Gasteiger partial charge in [-0.25, -0.2) is 0 Å². The van der Waals surface area contributed by atoms with E-state index in [4.69, 9.17) is 21.6 Å². The number of nitriles is 1. The third-order valence-corrected chi connectivity index (χ3v) is 3.92. The van der Waals surface area contributed by atoms with Crippen molar-refractivity contribution in [2.75, 3.05) is 0 Å². The molecule has 1 aliphatic rings. The van der Waals surface area contributed by atoms with Crippen molar-refractivity contribution in [2.45, 2.75) is 45.1 Å². The van der Waals surface area contributed by atoms with Gasteiger partial charge in [0.05, 0.1) is 12.0 Å². The molecule has 2 unspecified atom stereocenters. The molecule has 2 nitrogen and oxygen atoms in total. The number of hydrogen-bond acceptors (Lipinski definition) is 2. The number of rotatable bonds is 3. The lowest BCUT2D eigenvalue weighted by atomic mass is 9.87. The van der Waals surface area contributed by atoms with Crippen LogP contribution < -0.4 is 4.74 Å². The van der Waals surface area contributed by atoms with Crippen LogP contribution in [0.15, 0.2) is 18.2 Å². The molecule has 0 aromatic heterocycles. The zero-order chi connectivity index (χ0) is 13.0. The molecule has 1 saturated carbocycles. The van der Waals surface area contributed by atoms with E-state index in [9.17, 15) is 0 Å².